The largest absolute Gasteiger partial charge is 0.366 e. The molecule has 1 aromatic carbocycles. The predicted molar refractivity (Wildman–Crippen MR) is 90.1 cm³/mol. The molecule has 0 fully saturated rings. The molecule has 1 aliphatic heterocycles. The van der Waals surface area contributed by atoms with Gasteiger partial charge in [-0.25, -0.2) is 4.98 Å². The second kappa shape index (κ2) is 6.13. The van der Waals surface area contributed by atoms with Gasteiger partial charge < -0.3 is 9.88 Å². The molecule has 1 N–H and O–H groups in total. The van der Waals surface area contributed by atoms with Gasteiger partial charge in [0.2, 0.25) is 0 Å². The zero-order chi connectivity index (χ0) is 16.4. The maximum atomic E-state index is 8.85. The van der Waals surface area contributed by atoms with E-state index < -0.39 is 0 Å². The Morgan fingerprint density at radius 1 is 1.12 bits per heavy atom. The zero-order valence-corrected chi connectivity index (χ0v) is 13.1. The molecule has 3 heterocycles. The first-order valence-corrected chi connectivity index (χ1v) is 7.93. The number of aromatic nitrogens is 4. The number of nitrogens with one attached hydrogen (secondary N) is 1. The Labute approximate surface area is 139 Å². The lowest BCUT2D eigenvalue weighted by molar-refractivity contribution is 0.478. The van der Waals surface area contributed by atoms with Crippen molar-refractivity contribution in [2.45, 2.75) is 25.4 Å². The van der Waals surface area contributed by atoms with Gasteiger partial charge in [0.1, 0.15) is 17.7 Å². The molecule has 24 heavy (non-hydrogen) atoms. The summed E-state index contributed by atoms with van der Waals surface area (Å²) in [6, 6.07) is 16.1. The van der Waals surface area contributed by atoms with Crippen molar-refractivity contribution in [2.75, 3.05) is 5.32 Å². The summed E-state index contributed by atoms with van der Waals surface area (Å²) in [6.45, 7) is 0.800. The Kier molecular flexibility index (Phi) is 3.67. The van der Waals surface area contributed by atoms with Crippen LogP contribution in [0.3, 0.4) is 0 Å². The molecule has 118 valence electrons. The Bertz CT molecular complexity index is 876. The molecular weight excluding hydrogens is 300 g/mol. The third-order valence-electron chi connectivity index (χ3n) is 4.22. The van der Waals surface area contributed by atoms with Crippen LogP contribution in [0.5, 0.6) is 0 Å². The molecule has 6 heteroatoms. The van der Waals surface area contributed by atoms with Gasteiger partial charge in [0, 0.05) is 30.8 Å². The monoisotopic (exact) mass is 316 g/mol. The molecule has 0 amide bonds. The Balaban J connectivity index is 1.55. The quantitative estimate of drug-likeness (QED) is 0.803. The number of hydrogen-bond acceptors (Lipinski definition) is 5. The van der Waals surface area contributed by atoms with E-state index in [0.29, 0.717) is 5.56 Å². The normalized spacial score (nSPS) is 16.2. The number of anilines is 1. The number of fused-ring (bicyclic) bond motifs is 1. The van der Waals surface area contributed by atoms with E-state index in [2.05, 4.69) is 43.3 Å². The molecule has 1 atom stereocenters. The molecule has 0 spiro atoms. The van der Waals surface area contributed by atoms with Gasteiger partial charge >= 0.3 is 0 Å². The summed E-state index contributed by atoms with van der Waals surface area (Å²) >= 11 is 0. The third-order valence-corrected chi connectivity index (χ3v) is 4.22. The van der Waals surface area contributed by atoms with E-state index in [1.807, 2.05) is 24.3 Å². The van der Waals surface area contributed by atoms with E-state index in [0.717, 1.165) is 42.4 Å². The first kappa shape index (κ1) is 14.4. The highest BCUT2D eigenvalue weighted by atomic mass is 15.3. The predicted octanol–water partition coefficient (Wildman–Crippen LogP) is 2.64. The molecule has 0 bridgehead atoms. The lowest BCUT2D eigenvalue weighted by Gasteiger charge is -2.25. The molecule has 1 aliphatic rings. The standard InChI is InChI=1S/C18H16N6/c19-10-13-6-8-16(20-11-13)21-15-7-9-17-22-23-18(24(17)12-15)14-4-2-1-3-5-14/h1-6,8,11,15H,7,9,12H2,(H,20,21)/t15-/m1/s1. The molecule has 0 radical (unpaired) electrons. The van der Waals surface area contributed by atoms with E-state index in [9.17, 15) is 0 Å². The second-order valence-electron chi connectivity index (χ2n) is 5.84. The number of benzene rings is 1. The molecule has 0 saturated carbocycles. The van der Waals surface area contributed by atoms with Crippen molar-refractivity contribution in [3.8, 4) is 17.5 Å². The van der Waals surface area contributed by atoms with Crippen molar-refractivity contribution < 1.29 is 0 Å². The molecular formula is C18H16N6. The van der Waals surface area contributed by atoms with Crippen LogP contribution in [0.25, 0.3) is 11.4 Å². The number of pyridine rings is 1. The van der Waals surface area contributed by atoms with E-state index in [-0.39, 0.29) is 6.04 Å². The minimum absolute atomic E-state index is 0.261. The van der Waals surface area contributed by atoms with Crippen LogP contribution < -0.4 is 5.32 Å². The maximum Gasteiger partial charge on any atom is 0.164 e. The van der Waals surface area contributed by atoms with Crippen LogP contribution in [0, 0.1) is 11.3 Å². The van der Waals surface area contributed by atoms with Crippen LogP contribution in [0.1, 0.15) is 17.8 Å². The van der Waals surface area contributed by atoms with Crippen molar-refractivity contribution >= 4 is 5.82 Å². The average Bonchev–Trinajstić information content (AvgIpc) is 3.06. The smallest absolute Gasteiger partial charge is 0.164 e. The number of nitriles is 1. The molecule has 2 aromatic heterocycles. The molecule has 0 unspecified atom stereocenters. The van der Waals surface area contributed by atoms with Crippen LogP contribution in [0.4, 0.5) is 5.82 Å². The zero-order valence-electron chi connectivity index (χ0n) is 13.1. The number of aryl methyl sites for hydroxylation is 1. The summed E-state index contributed by atoms with van der Waals surface area (Å²) < 4.78 is 2.18. The van der Waals surface area contributed by atoms with Crippen LogP contribution in [0.15, 0.2) is 48.7 Å². The Morgan fingerprint density at radius 2 is 2.00 bits per heavy atom. The van der Waals surface area contributed by atoms with Crippen molar-refractivity contribution in [1.82, 2.24) is 19.7 Å². The maximum absolute atomic E-state index is 8.85. The lowest BCUT2D eigenvalue weighted by atomic mass is 10.1. The van der Waals surface area contributed by atoms with Crippen LogP contribution in [0.2, 0.25) is 0 Å². The number of rotatable bonds is 3. The van der Waals surface area contributed by atoms with Crippen LogP contribution in [-0.2, 0) is 13.0 Å². The van der Waals surface area contributed by atoms with E-state index >= 15 is 0 Å². The summed E-state index contributed by atoms with van der Waals surface area (Å²) in [7, 11) is 0. The second-order valence-corrected chi connectivity index (χ2v) is 5.84. The molecule has 0 aliphatic carbocycles. The molecule has 3 aromatic rings. The summed E-state index contributed by atoms with van der Waals surface area (Å²) in [5.74, 6) is 2.72. The van der Waals surface area contributed by atoms with Gasteiger partial charge in [-0.2, -0.15) is 5.26 Å². The van der Waals surface area contributed by atoms with Gasteiger partial charge in [0.05, 0.1) is 5.56 Å². The van der Waals surface area contributed by atoms with Gasteiger partial charge in [-0.3, -0.25) is 0 Å². The molecule has 0 saturated heterocycles. The summed E-state index contributed by atoms with van der Waals surface area (Å²) in [5, 5.41) is 21.0. The minimum atomic E-state index is 0.261. The van der Waals surface area contributed by atoms with Crippen molar-refractivity contribution in [2.24, 2.45) is 0 Å². The lowest BCUT2D eigenvalue weighted by Crippen LogP contribution is -2.32. The molecule has 6 nitrogen and oxygen atoms in total. The van der Waals surface area contributed by atoms with Crippen molar-refractivity contribution in [1.29, 1.82) is 5.26 Å². The van der Waals surface area contributed by atoms with E-state index in [1.165, 1.54) is 0 Å². The highest BCUT2D eigenvalue weighted by Gasteiger charge is 2.23. The van der Waals surface area contributed by atoms with Gasteiger partial charge in [-0.05, 0) is 18.6 Å². The van der Waals surface area contributed by atoms with Gasteiger partial charge in [0.15, 0.2) is 5.82 Å². The van der Waals surface area contributed by atoms with E-state index in [1.54, 1.807) is 12.3 Å². The van der Waals surface area contributed by atoms with Crippen LogP contribution >= 0.6 is 0 Å². The Hall–Kier alpha value is -3.20. The van der Waals surface area contributed by atoms with Crippen LogP contribution in [-0.4, -0.2) is 25.8 Å². The summed E-state index contributed by atoms with van der Waals surface area (Å²) in [5.41, 5.74) is 1.64. The fraction of sp³-hybridized carbons (Fsp3) is 0.222. The van der Waals surface area contributed by atoms with Crippen molar-refractivity contribution in [3.63, 3.8) is 0 Å². The first-order valence-electron chi connectivity index (χ1n) is 7.93. The highest BCUT2D eigenvalue weighted by Crippen LogP contribution is 2.24. The van der Waals surface area contributed by atoms with E-state index in [4.69, 9.17) is 5.26 Å². The Morgan fingerprint density at radius 3 is 2.75 bits per heavy atom. The summed E-state index contributed by atoms with van der Waals surface area (Å²) in [4.78, 5) is 4.29. The van der Waals surface area contributed by atoms with Gasteiger partial charge in [-0.15, -0.1) is 10.2 Å². The summed E-state index contributed by atoms with van der Waals surface area (Å²) in [6.07, 6.45) is 3.45. The van der Waals surface area contributed by atoms with Gasteiger partial charge in [-0.1, -0.05) is 30.3 Å². The number of nitrogens with zero attached hydrogens (tertiary/aromatic N) is 5. The highest BCUT2D eigenvalue weighted by molar-refractivity contribution is 5.55. The minimum Gasteiger partial charge on any atom is -0.366 e. The SMILES string of the molecule is N#Cc1ccc(N[C@@H]2CCc3nnc(-c4ccccc4)n3C2)nc1. The van der Waals surface area contributed by atoms with Gasteiger partial charge in [0.25, 0.3) is 0 Å². The fourth-order valence-corrected chi connectivity index (χ4v) is 3.00. The third kappa shape index (κ3) is 2.72. The fourth-order valence-electron chi connectivity index (χ4n) is 3.00. The first-order chi connectivity index (χ1) is 11.8. The van der Waals surface area contributed by atoms with Crippen molar-refractivity contribution in [3.05, 3.63) is 60.0 Å². The number of hydrogen-bond donors (Lipinski definition) is 1. The average molecular weight is 316 g/mol. The topological polar surface area (TPSA) is 79.4 Å². The molecule has 4 rings (SSSR count).